The molecular formula is C27H33ClF2N2O6. The molecule has 1 aliphatic heterocycles. The molecule has 0 bridgehead atoms. The van der Waals surface area contributed by atoms with Crippen LogP contribution in [0.4, 0.5) is 8.78 Å². The molecule has 2 fully saturated rings. The molecule has 2 aliphatic rings. The Bertz CT molecular complexity index is 1070. The number of carbonyl (C=O) groups excluding carboxylic acids is 1. The van der Waals surface area contributed by atoms with Crippen molar-refractivity contribution in [1.29, 1.82) is 0 Å². The van der Waals surface area contributed by atoms with Crippen LogP contribution in [0, 0.1) is 11.6 Å². The molecule has 1 unspecified atom stereocenters. The summed E-state index contributed by atoms with van der Waals surface area (Å²) >= 11 is 6.09. The van der Waals surface area contributed by atoms with Gasteiger partial charge in [0, 0.05) is 49.6 Å². The number of benzene rings is 2. The van der Waals surface area contributed by atoms with Gasteiger partial charge in [0.25, 0.3) is 5.91 Å². The Morgan fingerprint density at radius 1 is 1.11 bits per heavy atom. The van der Waals surface area contributed by atoms with Crippen LogP contribution in [-0.4, -0.2) is 84.3 Å². The lowest BCUT2D eigenvalue weighted by Crippen LogP contribution is -2.61. The average Bonchev–Trinajstić information content (AvgIpc) is 2.90. The van der Waals surface area contributed by atoms with Crippen molar-refractivity contribution in [3.63, 3.8) is 0 Å². The molecule has 1 saturated heterocycles. The first-order valence-corrected chi connectivity index (χ1v) is 13.0. The summed E-state index contributed by atoms with van der Waals surface area (Å²) in [6.45, 7) is 3.26. The topological polar surface area (TPSA) is 100 Å². The lowest BCUT2D eigenvalue weighted by Gasteiger charge is -2.44. The van der Waals surface area contributed by atoms with Crippen LogP contribution >= 0.6 is 11.6 Å². The van der Waals surface area contributed by atoms with E-state index in [0.29, 0.717) is 36.9 Å². The fourth-order valence-corrected chi connectivity index (χ4v) is 5.00. The van der Waals surface area contributed by atoms with E-state index in [1.807, 2.05) is 0 Å². The normalized spacial score (nSPS) is 26.3. The lowest BCUT2D eigenvalue weighted by atomic mass is 9.78. The van der Waals surface area contributed by atoms with Crippen LogP contribution in [0.1, 0.15) is 24.0 Å². The molecule has 1 aliphatic carbocycles. The molecule has 3 N–H and O–H groups in total. The van der Waals surface area contributed by atoms with E-state index >= 15 is 0 Å². The van der Waals surface area contributed by atoms with E-state index in [0.717, 1.165) is 25.2 Å². The molecule has 4 atom stereocenters. The van der Waals surface area contributed by atoms with Crippen LogP contribution < -0.4 is 5.32 Å². The third-order valence-electron chi connectivity index (χ3n) is 6.98. The van der Waals surface area contributed by atoms with Crippen molar-refractivity contribution >= 4 is 17.5 Å². The molecule has 8 nitrogen and oxygen atoms in total. The van der Waals surface area contributed by atoms with E-state index in [1.54, 1.807) is 24.3 Å². The van der Waals surface area contributed by atoms with E-state index in [2.05, 4.69) is 10.2 Å². The lowest BCUT2D eigenvalue weighted by molar-refractivity contribution is -0.200. The summed E-state index contributed by atoms with van der Waals surface area (Å²) in [6, 6.07) is 10.4. The summed E-state index contributed by atoms with van der Waals surface area (Å²) in [5.41, 5.74) is -1.16. The summed E-state index contributed by atoms with van der Waals surface area (Å²) in [7, 11) is 0. The number of aliphatic hydroxyl groups excluding tert-OH is 2. The Labute approximate surface area is 225 Å². The highest BCUT2D eigenvalue weighted by atomic mass is 35.5. The minimum atomic E-state index is -1.57. The van der Waals surface area contributed by atoms with E-state index in [1.165, 1.54) is 6.07 Å². The van der Waals surface area contributed by atoms with Crippen LogP contribution in [0.25, 0.3) is 0 Å². The molecule has 0 radical (unpaired) electrons. The molecule has 38 heavy (non-hydrogen) atoms. The highest BCUT2D eigenvalue weighted by Gasteiger charge is 2.51. The van der Waals surface area contributed by atoms with Crippen molar-refractivity contribution in [3.8, 4) is 0 Å². The third-order valence-corrected chi connectivity index (χ3v) is 7.22. The van der Waals surface area contributed by atoms with Gasteiger partial charge in [-0.3, -0.25) is 9.69 Å². The number of ether oxygens (including phenoxy) is 3. The average molecular weight is 555 g/mol. The number of halogens is 3. The molecular weight excluding hydrogens is 522 g/mol. The Morgan fingerprint density at radius 3 is 2.53 bits per heavy atom. The number of carbonyl (C=O) groups is 1. The number of hydrogen-bond acceptors (Lipinski definition) is 7. The van der Waals surface area contributed by atoms with Gasteiger partial charge in [-0.25, -0.2) is 8.78 Å². The van der Waals surface area contributed by atoms with Crippen molar-refractivity contribution in [3.05, 3.63) is 70.2 Å². The standard InChI is InChI=1S/C27H33ClF2N2O6/c28-19-4-1-3-18(13-19)16-38-27(26(35)31-7-8-32-9-11-36-12-10-32)14-23(33)25(34)24(15-27)37-17-20-21(29)5-2-6-22(20)30/h1-6,13,23-25,33-34H,7-12,14-17H2,(H,31,35)/t23-,24?,25-,27+/m1/s1. The number of aliphatic hydroxyl groups is 2. The van der Waals surface area contributed by atoms with Crippen molar-refractivity contribution in [2.45, 2.75) is 50.0 Å². The maximum atomic E-state index is 14.1. The molecule has 0 spiro atoms. The van der Waals surface area contributed by atoms with E-state index in [-0.39, 0.29) is 25.0 Å². The zero-order valence-electron chi connectivity index (χ0n) is 21.0. The highest BCUT2D eigenvalue weighted by molar-refractivity contribution is 6.30. The fourth-order valence-electron chi connectivity index (χ4n) is 4.78. The molecule has 2 aromatic rings. The third kappa shape index (κ3) is 7.26. The second kappa shape index (κ2) is 13.3. The smallest absolute Gasteiger partial charge is 0.252 e. The Morgan fingerprint density at radius 2 is 1.82 bits per heavy atom. The van der Waals surface area contributed by atoms with Crippen molar-refractivity contribution in [1.82, 2.24) is 10.2 Å². The first kappa shape index (κ1) is 28.8. The molecule has 208 valence electrons. The number of nitrogens with zero attached hydrogens (tertiary/aromatic N) is 1. The second-order valence-corrected chi connectivity index (χ2v) is 10.1. The predicted molar refractivity (Wildman–Crippen MR) is 135 cm³/mol. The zero-order valence-corrected chi connectivity index (χ0v) is 21.7. The monoisotopic (exact) mass is 554 g/mol. The van der Waals surface area contributed by atoms with Gasteiger partial charge in [0.1, 0.15) is 17.7 Å². The van der Waals surface area contributed by atoms with Crippen molar-refractivity contribution in [2.75, 3.05) is 39.4 Å². The van der Waals surface area contributed by atoms with Crippen molar-refractivity contribution in [2.24, 2.45) is 0 Å². The van der Waals surface area contributed by atoms with Gasteiger partial charge >= 0.3 is 0 Å². The van der Waals surface area contributed by atoms with Crippen LogP contribution in [-0.2, 0) is 32.2 Å². The maximum Gasteiger partial charge on any atom is 0.252 e. The molecule has 2 aromatic carbocycles. The zero-order chi connectivity index (χ0) is 27.1. The quantitative estimate of drug-likeness (QED) is 0.415. The number of rotatable bonds is 10. The number of amides is 1. The molecule has 0 aromatic heterocycles. The minimum absolute atomic E-state index is 0.00885. The Hall–Kier alpha value is -2.18. The van der Waals surface area contributed by atoms with Gasteiger partial charge in [-0.1, -0.05) is 29.8 Å². The summed E-state index contributed by atoms with van der Waals surface area (Å²) < 4.78 is 45.5. The van der Waals surface area contributed by atoms with E-state index in [9.17, 15) is 23.8 Å². The SMILES string of the molecule is O=C(NCCN1CCOCC1)[C@@]1(OCc2cccc(Cl)c2)CC(OCc2c(F)cccc2F)[C@H](O)[C@H](O)C1. The molecule has 1 amide bonds. The van der Waals surface area contributed by atoms with Crippen LogP contribution in [0.2, 0.25) is 5.02 Å². The summed E-state index contributed by atoms with van der Waals surface area (Å²) in [4.78, 5) is 15.7. The van der Waals surface area contributed by atoms with E-state index in [4.69, 9.17) is 25.8 Å². The first-order chi connectivity index (χ1) is 18.3. The summed E-state index contributed by atoms with van der Waals surface area (Å²) in [5.74, 6) is -2.05. The molecule has 1 heterocycles. The summed E-state index contributed by atoms with van der Waals surface area (Å²) in [6.07, 6.45) is -4.20. The number of morpholine rings is 1. The molecule has 4 rings (SSSR count). The fraction of sp³-hybridized carbons (Fsp3) is 0.519. The van der Waals surface area contributed by atoms with Gasteiger partial charge in [0.2, 0.25) is 0 Å². The number of nitrogens with one attached hydrogen (secondary N) is 1. The summed E-state index contributed by atoms with van der Waals surface area (Å²) in [5, 5.41) is 24.8. The first-order valence-electron chi connectivity index (χ1n) is 12.6. The molecule has 1 saturated carbocycles. The van der Waals surface area contributed by atoms with Gasteiger partial charge in [-0.05, 0) is 29.8 Å². The highest BCUT2D eigenvalue weighted by Crippen LogP contribution is 2.36. The predicted octanol–water partition coefficient (Wildman–Crippen LogP) is 2.42. The van der Waals surface area contributed by atoms with Crippen LogP contribution in [0.5, 0.6) is 0 Å². The Kier molecular flexibility index (Phi) is 10.1. The van der Waals surface area contributed by atoms with Crippen LogP contribution in [0.15, 0.2) is 42.5 Å². The van der Waals surface area contributed by atoms with Crippen LogP contribution in [0.3, 0.4) is 0 Å². The van der Waals surface area contributed by atoms with Crippen molar-refractivity contribution < 1.29 is 38.0 Å². The number of hydrogen-bond donors (Lipinski definition) is 3. The molecule has 11 heteroatoms. The maximum absolute atomic E-state index is 14.1. The Balaban J connectivity index is 1.50. The second-order valence-electron chi connectivity index (χ2n) is 9.64. The van der Waals surface area contributed by atoms with E-state index < -0.39 is 48.1 Å². The van der Waals surface area contributed by atoms with Gasteiger partial charge < -0.3 is 29.7 Å². The van der Waals surface area contributed by atoms with Gasteiger partial charge in [-0.15, -0.1) is 0 Å². The minimum Gasteiger partial charge on any atom is -0.390 e. The largest absolute Gasteiger partial charge is 0.390 e. The van der Waals surface area contributed by atoms with Gasteiger partial charge in [-0.2, -0.15) is 0 Å². The van der Waals surface area contributed by atoms with Gasteiger partial charge in [0.15, 0.2) is 5.60 Å². The van der Waals surface area contributed by atoms with Gasteiger partial charge in [0.05, 0.1) is 38.6 Å².